The van der Waals surface area contributed by atoms with Crippen molar-refractivity contribution in [3.8, 4) is 0 Å². The number of aryl methyl sites for hydroxylation is 1. The Labute approximate surface area is 125 Å². The normalized spacial score (nSPS) is 10.2. The molecule has 4 N–H and O–H groups in total. The van der Waals surface area contributed by atoms with Crippen molar-refractivity contribution >= 4 is 11.7 Å². The molecule has 0 saturated heterocycles. The fourth-order valence-electron chi connectivity index (χ4n) is 2.03. The van der Waals surface area contributed by atoms with Gasteiger partial charge in [0.25, 0.3) is 0 Å². The van der Waals surface area contributed by atoms with Crippen LogP contribution in [0.1, 0.15) is 23.6 Å². The monoisotopic (exact) mass is 283 g/mol. The van der Waals surface area contributed by atoms with Gasteiger partial charge in [-0.3, -0.25) is 0 Å². The molecule has 0 radical (unpaired) electrons. The molecule has 0 aliphatic heterocycles. The highest BCUT2D eigenvalue weighted by Crippen LogP contribution is 2.10. The van der Waals surface area contributed by atoms with Gasteiger partial charge in [0.1, 0.15) is 0 Å². The number of nitrogens with two attached hydrogens (primary N) is 1. The van der Waals surface area contributed by atoms with Crippen LogP contribution < -0.4 is 16.4 Å². The molecule has 0 unspecified atom stereocenters. The average molecular weight is 283 g/mol. The van der Waals surface area contributed by atoms with E-state index in [9.17, 15) is 4.79 Å². The third-order valence-electron chi connectivity index (χ3n) is 3.30. The van der Waals surface area contributed by atoms with Crippen LogP contribution in [0.5, 0.6) is 0 Å². The number of urea groups is 1. The van der Waals surface area contributed by atoms with E-state index in [2.05, 4.69) is 29.7 Å². The Morgan fingerprint density at radius 3 is 2.43 bits per heavy atom. The topological polar surface area (TPSA) is 67.2 Å². The predicted molar refractivity (Wildman–Crippen MR) is 86.0 cm³/mol. The Kier molecular flexibility index (Phi) is 5.35. The average Bonchev–Trinajstić information content (AvgIpc) is 2.53. The van der Waals surface area contributed by atoms with Crippen LogP contribution in [-0.4, -0.2) is 6.03 Å². The SMILES string of the molecule is CCc1ccc(CNC(=O)Nc2cccc(CN)c2)cc1. The lowest BCUT2D eigenvalue weighted by Crippen LogP contribution is -2.28. The number of carbonyl (C=O) groups is 1. The summed E-state index contributed by atoms with van der Waals surface area (Å²) >= 11 is 0. The summed E-state index contributed by atoms with van der Waals surface area (Å²) in [7, 11) is 0. The summed E-state index contributed by atoms with van der Waals surface area (Å²) < 4.78 is 0. The van der Waals surface area contributed by atoms with Crippen molar-refractivity contribution < 1.29 is 4.79 Å². The van der Waals surface area contributed by atoms with Crippen LogP contribution in [0, 0.1) is 0 Å². The molecule has 0 aliphatic carbocycles. The van der Waals surface area contributed by atoms with Crippen molar-refractivity contribution in [1.82, 2.24) is 5.32 Å². The second-order valence-electron chi connectivity index (χ2n) is 4.88. The summed E-state index contributed by atoms with van der Waals surface area (Å²) in [6.07, 6.45) is 1.02. The van der Waals surface area contributed by atoms with Crippen molar-refractivity contribution in [2.45, 2.75) is 26.4 Å². The Bertz CT molecular complexity index is 593. The van der Waals surface area contributed by atoms with Gasteiger partial charge in [0.05, 0.1) is 0 Å². The third-order valence-corrected chi connectivity index (χ3v) is 3.30. The number of benzene rings is 2. The van der Waals surface area contributed by atoms with E-state index in [4.69, 9.17) is 5.73 Å². The van der Waals surface area contributed by atoms with E-state index >= 15 is 0 Å². The number of carbonyl (C=O) groups excluding carboxylic acids is 1. The van der Waals surface area contributed by atoms with Crippen molar-refractivity contribution in [3.63, 3.8) is 0 Å². The van der Waals surface area contributed by atoms with E-state index < -0.39 is 0 Å². The standard InChI is InChI=1S/C17H21N3O/c1-2-13-6-8-14(9-7-13)12-19-17(21)20-16-5-3-4-15(10-16)11-18/h3-10H,2,11-12,18H2,1H3,(H2,19,20,21). The van der Waals surface area contributed by atoms with E-state index in [1.807, 2.05) is 36.4 Å². The first-order chi connectivity index (χ1) is 10.2. The Morgan fingerprint density at radius 1 is 1.05 bits per heavy atom. The quantitative estimate of drug-likeness (QED) is 0.789. The van der Waals surface area contributed by atoms with Gasteiger partial charge in [-0.05, 0) is 35.2 Å². The van der Waals surface area contributed by atoms with Crippen molar-refractivity contribution in [2.24, 2.45) is 5.73 Å². The fraction of sp³-hybridized carbons (Fsp3) is 0.235. The summed E-state index contributed by atoms with van der Waals surface area (Å²) in [4.78, 5) is 11.9. The van der Waals surface area contributed by atoms with Gasteiger partial charge in [-0.1, -0.05) is 43.3 Å². The largest absolute Gasteiger partial charge is 0.334 e. The first-order valence-electron chi connectivity index (χ1n) is 7.13. The van der Waals surface area contributed by atoms with Crippen LogP contribution in [-0.2, 0) is 19.5 Å². The lowest BCUT2D eigenvalue weighted by Gasteiger charge is -2.09. The highest BCUT2D eigenvalue weighted by atomic mass is 16.2. The molecule has 0 bridgehead atoms. The summed E-state index contributed by atoms with van der Waals surface area (Å²) in [6, 6.07) is 15.5. The number of nitrogens with one attached hydrogen (secondary N) is 2. The van der Waals surface area contributed by atoms with Crippen LogP contribution in [0.4, 0.5) is 10.5 Å². The maximum absolute atomic E-state index is 11.9. The molecule has 2 aromatic carbocycles. The maximum Gasteiger partial charge on any atom is 0.319 e. The molecule has 110 valence electrons. The molecule has 2 amide bonds. The second kappa shape index (κ2) is 7.45. The van der Waals surface area contributed by atoms with Crippen LogP contribution in [0.3, 0.4) is 0 Å². The number of hydrogen-bond donors (Lipinski definition) is 3. The summed E-state index contributed by atoms with van der Waals surface area (Å²) in [5.74, 6) is 0. The smallest absolute Gasteiger partial charge is 0.319 e. The number of hydrogen-bond acceptors (Lipinski definition) is 2. The molecule has 0 fully saturated rings. The summed E-state index contributed by atoms with van der Waals surface area (Å²) in [5.41, 5.74) is 9.69. The van der Waals surface area contributed by atoms with E-state index in [0.717, 1.165) is 23.2 Å². The lowest BCUT2D eigenvalue weighted by atomic mass is 10.1. The van der Waals surface area contributed by atoms with Crippen LogP contribution in [0.15, 0.2) is 48.5 Å². The van der Waals surface area contributed by atoms with E-state index in [1.165, 1.54) is 5.56 Å². The van der Waals surface area contributed by atoms with Gasteiger partial charge in [0.15, 0.2) is 0 Å². The molecule has 4 heteroatoms. The van der Waals surface area contributed by atoms with Crippen LogP contribution >= 0.6 is 0 Å². The zero-order valence-corrected chi connectivity index (χ0v) is 12.2. The Morgan fingerprint density at radius 2 is 1.76 bits per heavy atom. The molecule has 0 aliphatic rings. The molecular formula is C17H21N3O. The molecular weight excluding hydrogens is 262 g/mol. The molecule has 0 saturated carbocycles. The maximum atomic E-state index is 11.9. The molecule has 21 heavy (non-hydrogen) atoms. The summed E-state index contributed by atoms with van der Waals surface area (Å²) in [5, 5.41) is 5.64. The van der Waals surface area contributed by atoms with Gasteiger partial charge in [0, 0.05) is 18.8 Å². The first-order valence-corrected chi connectivity index (χ1v) is 7.13. The van der Waals surface area contributed by atoms with Gasteiger partial charge < -0.3 is 16.4 Å². The zero-order chi connectivity index (χ0) is 15.1. The van der Waals surface area contributed by atoms with Crippen molar-refractivity contribution in [3.05, 3.63) is 65.2 Å². The highest BCUT2D eigenvalue weighted by Gasteiger charge is 2.02. The Hall–Kier alpha value is -2.33. The van der Waals surface area contributed by atoms with E-state index in [-0.39, 0.29) is 6.03 Å². The zero-order valence-electron chi connectivity index (χ0n) is 12.2. The van der Waals surface area contributed by atoms with Gasteiger partial charge in [0.2, 0.25) is 0 Å². The highest BCUT2D eigenvalue weighted by molar-refractivity contribution is 5.89. The van der Waals surface area contributed by atoms with Crippen molar-refractivity contribution in [2.75, 3.05) is 5.32 Å². The van der Waals surface area contributed by atoms with Crippen LogP contribution in [0.25, 0.3) is 0 Å². The second-order valence-corrected chi connectivity index (χ2v) is 4.88. The fourth-order valence-corrected chi connectivity index (χ4v) is 2.03. The van der Waals surface area contributed by atoms with Gasteiger partial charge in [-0.2, -0.15) is 0 Å². The minimum absolute atomic E-state index is 0.219. The summed E-state index contributed by atoms with van der Waals surface area (Å²) in [6.45, 7) is 3.09. The Balaban J connectivity index is 1.86. The van der Waals surface area contributed by atoms with E-state index in [1.54, 1.807) is 0 Å². The van der Waals surface area contributed by atoms with Gasteiger partial charge >= 0.3 is 6.03 Å². The first kappa shape index (κ1) is 15.1. The molecule has 0 spiro atoms. The predicted octanol–water partition coefficient (Wildman–Crippen LogP) is 3.03. The number of amides is 2. The van der Waals surface area contributed by atoms with Gasteiger partial charge in [-0.25, -0.2) is 4.79 Å². The minimum atomic E-state index is -0.219. The minimum Gasteiger partial charge on any atom is -0.334 e. The third kappa shape index (κ3) is 4.61. The molecule has 0 aromatic heterocycles. The molecule has 2 aromatic rings. The number of rotatable bonds is 5. The number of anilines is 1. The molecule has 0 atom stereocenters. The van der Waals surface area contributed by atoms with Gasteiger partial charge in [-0.15, -0.1) is 0 Å². The molecule has 4 nitrogen and oxygen atoms in total. The lowest BCUT2D eigenvalue weighted by molar-refractivity contribution is 0.251. The molecule has 2 rings (SSSR count). The van der Waals surface area contributed by atoms with E-state index in [0.29, 0.717) is 13.1 Å². The van der Waals surface area contributed by atoms with Crippen LogP contribution in [0.2, 0.25) is 0 Å². The molecule has 0 heterocycles. The van der Waals surface area contributed by atoms with Crippen molar-refractivity contribution in [1.29, 1.82) is 0 Å².